The number of carboxylic acids is 3. The monoisotopic (exact) mass is 446 g/mol. The van der Waals surface area contributed by atoms with Crippen molar-refractivity contribution in [2.24, 2.45) is 0 Å². The number of rotatable bonds is 6. The first-order chi connectivity index (χ1) is 10.6. The number of hydrogen-bond acceptors (Lipinski definition) is 9. The van der Waals surface area contributed by atoms with E-state index >= 15 is 0 Å². The topological polar surface area (TPSA) is 179 Å². The van der Waals surface area contributed by atoms with Crippen molar-refractivity contribution in [2.75, 3.05) is 0 Å². The second-order valence-electron chi connectivity index (χ2n) is 4.82. The number of amides is 2. The molecule has 1 saturated heterocycles. The summed E-state index contributed by atoms with van der Waals surface area (Å²) in [4.78, 5) is 60.6. The molecule has 26 heavy (non-hydrogen) atoms. The van der Waals surface area contributed by atoms with Crippen LogP contribution in [0.4, 0.5) is 0 Å². The average molecular weight is 447 g/mol. The smallest absolute Gasteiger partial charge is 0.550 e. The van der Waals surface area contributed by atoms with Crippen LogP contribution < -0.4 is 175 Å². The molecule has 0 aromatic rings. The zero-order valence-corrected chi connectivity index (χ0v) is 24.3. The van der Waals surface area contributed by atoms with E-state index in [0.717, 1.165) is 6.92 Å². The first kappa shape index (κ1) is 32.9. The van der Waals surface area contributed by atoms with Crippen LogP contribution in [0.25, 0.3) is 0 Å². The van der Waals surface area contributed by atoms with Crippen LogP contribution in [-0.2, 0) is 28.8 Å². The summed E-state index contributed by atoms with van der Waals surface area (Å²) in [6, 6.07) is -3.31. The van der Waals surface area contributed by atoms with Gasteiger partial charge in [0.25, 0.3) is 5.91 Å². The van der Waals surface area contributed by atoms with Crippen LogP contribution in [0.2, 0.25) is 0 Å². The van der Waals surface area contributed by atoms with E-state index in [4.69, 9.17) is 4.84 Å². The van der Waals surface area contributed by atoms with Gasteiger partial charge in [-0.3, -0.25) is 14.4 Å². The maximum Gasteiger partial charge on any atom is 1.00 e. The van der Waals surface area contributed by atoms with Gasteiger partial charge in [0.05, 0.1) is 18.0 Å². The van der Waals surface area contributed by atoms with E-state index in [0.29, 0.717) is 0 Å². The van der Waals surface area contributed by atoms with Crippen molar-refractivity contribution >= 4 is 29.7 Å². The Morgan fingerprint density at radius 2 is 1.58 bits per heavy atom. The Balaban J connectivity index is -0.00000176. The van der Waals surface area contributed by atoms with Gasteiger partial charge >= 0.3 is 154 Å². The molecule has 11 nitrogen and oxygen atoms in total. The maximum atomic E-state index is 12.2. The molecule has 1 heterocycles. The summed E-state index contributed by atoms with van der Waals surface area (Å²) in [7, 11) is 0. The average Bonchev–Trinajstić information content (AvgIpc) is 2.43. The van der Waals surface area contributed by atoms with Crippen LogP contribution in [0.3, 0.4) is 0 Å². The molecular formula is C12H13K3N2O9. The first-order valence-corrected chi connectivity index (χ1v) is 6.52. The normalized spacial score (nSPS) is 19.5. The SMILES string of the molecule is CC(=O)N[C@@H](CC(=O)[O-])C(=O)N1O[C@H](C(=O)[O-])CC[C@H]1C(=O)[O-].[K+].[K+].[K+]. The van der Waals surface area contributed by atoms with Gasteiger partial charge in [-0.1, -0.05) is 0 Å². The van der Waals surface area contributed by atoms with E-state index in [-0.39, 0.29) is 172 Å². The van der Waals surface area contributed by atoms with Crippen molar-refractivity contribution in [1.29, 1.82) is 0 Å². The van der Waals surface area contributed by atoms with Gasteiger partial charge in [-0.2, -0.15) is 0 Å². The summed E-state index contributed by atoms with van der Waals surface area (Å²) in [5, 5.41) is 34.7. The van der Waals surface area contributed by atoms with Crippen molar-refractivity contribution < 1.29 is 198 Å². The van der Waals surface area contributed by atoms with Gasteiger partial charge in [0.15, 0.2) is 0 Å². The van der Waals surface area contributed by atoms with E-state index < -0.39 is 54.3 Å². The van der Waals surface area contributed by atoms with Crippen molar-refractivity contribution in [1.82, 2.24) is 10.4 Å². The molecule has 2 amide bonds. The Hall–Kier alpha value is 2.22. The minimum absolute atomic E-state index is 0. The second-order valence-corrected chi connectivity index (χ2v) is 4.82. The number of hydrogen-bond donors (Lipinski definition) is 1. The molecule has 1 aliphatic heterocycles. The molecule has 0 spiro atoms. The Morgan fingerprint density at radius 1 is 1.04 bits per heavy atom. The largest absolute Gasteiger partial charge is 1.00 e. The predicted octanol–water partition coefficient (Wildman–Crippen LogP) is -14.6. The summed E-state index contributed by atoms with van der Waals surface area (Å²) >= 11 is 0. The van der Waals surface area contributed by atoms with Gasteiger partial charge in [0.1, 0.15) is 12.1 Å². The molecule has 0 aromatic heterocycles. The van der Waals surface area contributed by atoms with Crippen LogP contribution in [0, 0.1) is 0 Å². The van der Waals surface area contributed by atoms with Gasteiger partial charge in [-0.25, -0.2) is 5.06 Å². The fourth-order valence-corrected chi connectivity index (χ4v) is 2.04. The third-order valence-electron chi connectivity index (χ3n) is 3.02. The maximum absolute atomic E-state index is 12.2. The summed E-state index contributed by atoms with van der Waals surface area (Å²) in [5.41, 5.74) is 0. The third-order valence-corrected chi connectivity index (χ3v) is 3.02. The number of carbonyl (C=O) groups excluding carboxylic acids is 5. The van der Waals surface area contributed by atoms with E-state index in [2.05, 4.69) is 0 Å². The van der Waals surface area contributed by atoms with Crippen LogP contribution in [0.5, 0.6) is 0 Å². The third kappa shape index (κ3) is 10.8. The number of hydroxylamine groups is 2. The number of carbonyl (C=O) groups is 5. The Morgan fingerprint density at radius 3 is 1.96 bits per heavy atom. The van der Waals surface area contributed by atoms with Crippen LogP contribution in [0.15, 0.2) is 0 Å². The molecule has 1 N–H and O–H groups in total. The van der Waals surface area contributed by atoms with Crippen LogP contribution >= 0.6 is 0 Å². The van der Waals surface area contributed by atoms with Crippen molar-refractivity contribution in [3.8, 4) is 0 Å². The predicted molar refractivity (Wildman–Crippen MR) is 62.0 cm³/mol. The molecule has 1 aliphatic rings. The van der Waals surface area contributed by atoms with Gasteiger partial charge < -0.3 is 35.0 Å². The standard InChI is InChI=1S/C12H16N2O9.3K/c1-5(15)13-6(4-9(16)17)10(18)14-7(11(19)20)2-3-8(23-14)12(21)22;;;/h6-8H,2-4H2,1H3,(H,13,15)(H,16,17)(H,19,20)(H,21,22);;;/q;3*+1/p-3/t6-,7-,8-;;;/m0.../s1. The zero-order valence-electron chi connectivity index (χ0n) is 15.0. The van der Waals surface area contributed by atoms with E-state index in [9.17, 15) is 39.3 Å². The van der Waals surface area contributed by atoms with Gasteiger partial charge in [0, 0.05) is 19.3 Å². The minimum Gasteiger partial charge on any atom is -0.550 e. The number of carboxylic acid groups (broad SMARTS) is 3. The molecule has 128 valence electrons. The molecular weight excluding hydrogens is 433 g/mol. The molecule has 1 rings (SSSR count). The van der Waals surface area contributed by atoms with Crippen molar-refractivity contribution in [2.45, 2.75) is 44.4 Å². The molecule has 0 unspecified atom stereocenters. The van der Waals surface area contributed by atoms with E-state index in [1.807, 2.05) is 5.32 Å². The molecule has 0 aromatic carbocycles. The van der Waals surface area contributed by atoms with Crippen LogP contribution in [0.1, 0.15) is 26.2 Å². The van der Waals surface area contributed by atoms with Gasteiger partial charge in [-0.15, -0.1) is 0 Å². The molecule has 0 aliphatic carbocycles. The Bertz CT molecular complexity index is 530. The zero-order chi connectivity index (χ0) is 17.7. The summed E-state index contributed by atoms with van der Waals surface area (Å²) in [6.07, 6.45) is -3.08. The summed E-state index contributed by atoms with van der Waals surface area (Å²) in [5.74, 6) is -7.08. The summed E-state index contributed by atoms with van der Waals surface area (Å²) in [6.45, 7) is 1.01. The summed E-state index contributed by atoms with van der Waals surface area (Å²) < 4.78 is 0. The fraction of sp³-hybridized carbons (Fsp3) is 0.583. The quantitative estimate of drug-likeness (QED) is 0.388. The minimum atomic E-state index is -1.72. The molecule has 0 saturated carbocycles. The first-order valence-electron chi connectivity index (χ1n) is 6.52. The number of nitrogens with zero attached hydrogens (tertiary/aromatic N) is 1. The molecule has 3 atom stereocenters. The van der Waals surface area contributed by atoms with Crippen LogP contribution in [-0.4, -0.2) is 53.0 Å². The molecule has 0 radical (unpaired) electrons. The Labute approximate surface area is 276 Å². The molecule has 0 bridgehead atoms. The number of aliphatic carboxylic acids is 3. The molecule has 14 heteroatoms. The second kappa shape index (κ2) is 16.0. The fourth-order valence-electron chi connectivity index (χ4n) is 2.04. The van der Waals surface area contributed by atoms with E-state index in [1.165, 1.54) is 0 Å². The van der Waals surface area contributed by atoms with Crippen molar-refractivity contribution in [3.63, 3.8) is 0 Å². The van der Waals surface area contributed by atoms with Crippen molar-refractivity contribution in [3.05, 3.63) is 0 Å². The van der Waals surface area contributed by atoms with Gasteiger partial charge in [0.2, 0.25) is 5.91 Å². The van der Waals surface area contributed by atoms with E-state index in [1.54, 1.807) is 0 Å². The van der Waals surface area contributed by atoms with Gasteiger partial charge in [-0.05, 0) is 12.8 Å². The molecule has 1 fully saturated rings. The number of nitrogens with one attached hydrogen (secondary N) is 1. The Kier molecular flexibility index (Phi) is 20.2.